The molecule has 130 valence electrons. The maximum Gasteiger partial charge on any atom is 0.191 e. The van der Waals surface area contributed by atoms with Crippen LogP contribution in [0.3, 0.4) is 0 Å². The molecule has 0 fully saturated rings. The van der Waals surface area contributed by atoms with Gasteiger partial charge in [0.15, 0.2) is 5.96 Å². The largest absolute Gasteiger partial charge is 0.357 e. The van der Waals surface area contributed by atoms with Crippen molar-refractivity contribution >= 4 is 5.96 Å². The summed E-state index contributed by atoms with van der Waals surface area (Å²) in [6.07, 6.45) is 5.56. The molecule has 2 rings (SSSR count). The summed E-state index contributed by atoms with van der Waals surface area (Å²) in [4.78, 5) is 13.4. The highest BCUT2D eigenvalue weighted by Gasteiger charge is 2.08. The third kappa shape index (κ3) is 4.81. The topological polar surface area (TPSA) is 67.1 Å². The van der Waals surface area contributed by atoms with Crippen LogP contribution in [0.25, 0.3) is 5.82 Å². The van der Waals surface area contributed by atoms with Crippen LogP contribution < -0.4 is 10.6 Å². The molecule has 0 aliphatic carbocycles. The molecule has 2 aromatic rings. The zero-order valence-corrected chi connectivity index (χ0v) is 15.2. The zero-order chi connectivity index (χ0) is 17.5. The maximum atomic E-state index is 4.65. The molecule has 0 bridgehead atoms. The van der Waals surface area contributed by atoms with Gasteiger partial charge in [-0.25, -0.2) is 15.0 Å². The Morgan fingerprint density at radius 3 is 2.58 bits per heavy atom. The molecule has 6 heteroatoms. The molecular formula is C18H28N6. The number of nitrogens with zero attached hydrogens (tertiary/aromatic N) is 4. The summed E-state index contributed by atoms with van der Waals surface area (Å²) in [6, 6.07) is 4.42. The van der Waals surface area contributed by atoms with Gasteiger partial charge in [-0.1, -0.05) is 19.9 Å². The van der Waals surface area contributed by atoms with E-state index in [1.54, 1.807) is 6.20 Å². The van der Waals surface area contributed by atoms with Gasteiger partial charge in [-0.3, -0.25) is 4.57 Å². The van der Waals surface area contributed by atoms with Crippen molar-refractivity contribution in [3.8, 4) is 5.82 Å². The Balaban J connectivity index is 2.04. The van der Waals surface area contributed by atoms with Gasteiger partial charge in [-0.2, -0.15) is 0 Å². The molecule has 1 atom stereocenters. The van der Waals surface area contributed by atoms with Crippen LogP contribution in [0.15, 0.2) is 35.7 Å². The number of hydrogen-bond donors (Lipinski definition) is 2. The zero-order valence-electron chi connectivity index (χ0n) is 15.2. The Hall–Kier alpha value is -2.37. The van der Waals surface area contributed by atoms with E-state index in [9.17, 15) is 0 Å². The molecule has 0 saturated heterocycles. The lowest BCUT2D eigenvalue weighted by Crippen LogP contribution is -2.44. The van der Waals surface area contributed by atoms with E-state index >= 15 is 0 Å². The number of aryl methyl sites for hydroxylation is 1. The van der Waals surface area contributed by atoms with Gasteiger partial charge < -0.3 is 10.6 Å². The SMILES string of the molecule is CCNC(=NCc1ccc(-n2ccnc2C)nc1)NC(C)C(C)C. The molecular weight excluding hydrogens is 300 g/mol. The van der Waals surface area contributed by atoms with Gasteiger partial charge in [-0.15, -0.1) is 0 Å². The van der Waals surface area contributed by atoms with E-state index < -0.39 is 0 Å². The van der Waals surface area contributed by atoms with Crippen molar-refractivity contribution in [1.82, 2.24) is 25.2 Å². The van der Waals surface area contributed by atoms with Gasteiger partial charge in [0, 0.05) is 31.2 Å². The molecule has 0 radical (unpaired) electrons. The van der Waals surface area contributed by atoms with E-state index in [1.807, 2.05) is 30.0 Å². The van der Waals surface area contributed by atoms with E-state index in [4.69, 9.17) is 0 Å². The highest BCUT2D eigenvalue weighted by molar-refractivity contribution is 5.80. The summed E-state index contributed by atoms with van der Waals surface area (Å²) < 4.78 is 1.96. The standard InChI is InChI=1S/C18H28N6/c1-6-19-18(23-14(4)13(2)3)22-12-16-7-8-17(21-11-16)24-10-9-20-15(24)5/h7-11,13-14H,6,12H2,1-5H3,(H2,19,22,23). The van der Waals surface area contributed by atoms with Gasteiger partial charge in [0.1, 0.15) is 11.6 Å². The Bertz CT molecular complexity index is 656. The number of rotatable bonds is 6. The van der Waals surface area contributed by atoms with Crippen LogP contribution in [-0.2, 0) is 6.54 Å². The quantitative estimate of drug-likeness (QED) is 0.632. The van der Waals surface area contributed by atoms with Crippen molar-refractivity contribution in [1.29, 1.82) is 0 Å². The summed E-state index contributed by atoms with van der Waals surface area (Å²) in [5.41, 5.74) is 1.07. The minimum atomic E-state index is 0.368. The van der Waals surface area contributed by atoms with Gasteiger partial charge in [0.05, 0.1) is 6.54 Å². The van der Waals surface area contributed by atoms with E-state index in [0.29, 0.717) is 18.5 Å². The summed E-state index contributed by atoms with van der Waals surface area (Å²) >= 11 is 0. The third-order valence-electron chi connectivity index (χ3n) is 4.01. The average molecular weight is 328 g/mol. The van der Waals surface area contributed by atoms with Gasteiger partial charge in [0.2, 0.25) is 0 Å². The van der Waals surface area contributed by atoms with Crippen molar-refractivity contribution in [2.24, 2.45) is 10.9 Å². The smallest absolute Gasteiger partial charge is 0.191 e. The molecule has 2 N–H and O–H groups in total. The fourth-order valence-corrected chi connectivity index (χ4v) is 2.15. The molecule has 0 aromatic carbocycles. The summed E-state index contributed by atoms with van der Waals surface area (Å²) in [5.74, 6) is 3.19. The fourth-order valence-electron chi connectivity index (χ4n) is 2.15. The Kier molecular flexibility index (Phi) is 6.35. The minimum Gasteiger partial charge on any atom is -0.357 e. The predicted molar refractivity (Wildman–Crippen MR) is 98.3 cm³/mol. The minimum absolute atomic E-state index is 0.368. The highest BCUT2D eigenvalue weighted by atomic mass is 15.2. The second kappa shape index (κ2) is 8.47. The number of imidazole rings is 1. The van der Waals surface area contributed by atoms with Gasteiger partial charge >= 0.3 is 0 Å². The fraction of sp³-hybridized carbons (Fsp3) is 0.500. The van der Waals surface area contributed by atoms with Crippen LogP contribution in [0.1, 0.15) is 39.1 Å². The van der Waals surface area contributed by atoms with Crippen LogP contribution >= 0.6 is 0 Å². The summed E-state index contributed by atoms with van der Waals surface area (Å²) in [6.45, 7) is 12.0. The number of guanidine groups is 1. The van der Waals surface area contributed by atoms with Crippen molar-refractivity contribution in [3.05, 3.63) is 42.1 Å². The molecule has 0 spiro atoms. The van der Waals surface area contributed by atoms with Gasteiger partial charge in [-0.05, 0) is 38.3 Å². The Morgan fingerprint density at radius 1 is 1.25 bits per heavy atom. The first-order valence-corrected chi connectivity index (χ1v) is 8.51. The van der Waals surface area contributed by atoms with Crippen molar-refractivity contribution in [2.75, 3.05) is 6.54 Å². The molecule has 2 aromatic heterocycles. The third-order valence-corrected chi connectivity index (χ3v) is 4.01. The van der Waals surface area contributed by atoms with Crippen LogP contribution in [-0.4, -0.2) is 33.1 Å². The van der Waals surface area contributed by atoms with Gasteiger partial charge in [0.25, 0.3) is 0 Å². The molecule has 0 saturated carbocycles. The predicted octanol–water partition coefficient (Wildman–Crippen LogP) is 2.68. The lowest BCUT2D eigenvalue weighted by molar-refractivity contribution is 0.481. The molecule has 2 heterocycles. The molecule has 0 amide bonds. The lowest BCUT2D eigenvalue weighted by atomic mass is 10.1. The van der Waals surface area contributed by atoms with Crippen LogP contribution in [0, 0.1) is 12.8 Å². The maximum absolute atomic E-state index is 4.65. The molecule has 0 aliphatic heterocycles. The van der Waals surface area contributed by atoms with E-state index in [2.05, 4.69) is 59.4 Å². The van der Waals surface area contributed by atoms with Crippen LogP contribution in [0.5, 0.6) is 0 Å². The van der Waals surface area contributed by atoms with Crippen molar-refractivity contribution in [3.63, 3.8) is 0 Å². The van der Waals surface area contributed by atoms with Crippen molar-refractivity contribution in [2.45, 2.75) is 47.2 Å². The van der Waals surface area contributed by atoms with E-state index in [-0.39, 0.29) is 0 Å². The summed E-state index contributed by atoms with van der Waals surface area (Å²) in [5, 5.41) is 6.72. The summed E-state index contributed by atoms with van der Waals surface area (Å²) in [7, 11) is 0. The second-order valence-corrected chi connectivity index (χ2v) is 6.24. The molecule has 1 unspecified atom stereocenters. The van der Waals surface area contributed by atoms with E-state index in [0.717, 1.165) is 29.7 Å². The second-order valence-electron chi connectivity index (χ2n) is 6.24. The van der Waals surface area contributed by atoms with E-state index in [1.165, 1.54) is 0 Å². The molecule has 24 heavy (non-hydrogen) atoms. The molecule has 6 nitrogen and oxygen atoms in total. The van der Waals surface area contributed by atoms with Crippen LogP contribution in [0.4, 0.5) is 0 Å². The lowest BCUT2D eigenvalue weighted by Gasteiger charge is -2.20. The Labute approximate surface area is 144 Å². The monoisotopic (exact) mass is 328 g/mol. The number of aliphatic imine (C=N–C) groups is 1. The van der Waals surface area contributed by atoms with Crippen LogP contribution in [0.2, 0.25) is 0 Å². The number of aromatic nitrogens is 3. The Morgan fingerprint density at radius 2 is 2.04 bits per heavy atom. The first-order chi connectivity index (χ1) is 11.5. The highest BCUT2D eigenvalue weighted by Crippen LogP contribution is 2.09. The van der Waals surface area contributed by atoms with Crippen molar-refractivity contribution < 1.29 is 0 Å². The number of pyridine rings is 1. The number of nitrogens with one attached hydrogen (secondary N) is 2. The number of hydrogen-bond acceptors (Lipinski definition) is 3. The molecule has 0 aliphatic rings. The first-order valence-electron chi connectivity index (χ1n) is 8.51. The first kappa shape index (κ1) is 18.0. The average Bonchev–Trinajstić information content (AvgIpc) is 2.99. The normalized spacial score (nSPS) is 13.2.